The predicted octanol–water partition coefficient (Wildman–Crippen LogP) is 0.0473. The lowest BCUT2D eigenvalue weighted by atomic mass is 10.1. The molecule has 1 aliphatic rings. The van der Waals surface area contributed by atoms with E-state index in [0.717, 1.165) is 0 Å². The summed E-state index contributed by atoms with van der Waals surface area (Å²) < 4.78 is 10.6. The first-order valence-electron chi connectivity index (χ1n) is 4.43. The number of hydrogen-bond acceptors (Lipinski definition) is 4. The number of aliphatic hydroxyl groups excluding tert-OH is 2. The largest absolute Gasteiger partial charge is 0.394 e. The molecule has 76 valence electrons. The Hall–Kier alpha value is -0.420. The summed E-state index contributed by atoms with van der Waals surface area (Å²) in [5.74, 6) is 0. The van der Waals surface area contributed by atoms with Crippen molar-refractivity contribution in [1.29, 1.82) is 0 Å². The van der Waals surface area contributed by atoms with Crippen LogP contribution in [-0.2, 0) is 9.47 Å². The molecule has 3 atom stereocenters. The Morgan fingerprint density at radius 3 is 2.92 bits per heavy atom. The van der Waals surface area contributed by atoms with Crippen molar-refractivity contribution >= 4 is 0 Å². The average molecular weight is 188 g/mol. The second-order valence-electron chi connectivity index (χ2n) is 3.12. The fourth-order valence-corrected chi connectivity index (χ4v) is 1.35. The van der Waals surface area contributed by atoms with E-state index in [1.165, 1.54) is 0 Å². The van der Waals surface area contributed by atoms with Gasteiger partial charge in [-0.3, -0.25) is 0 Å². The first kappa shape index (κ1) is 10.7. The molecule has 0 bridgehead atoms. The quantitative estimate of drug-likeness (QED) is 0.612. The summed E-state index contributed by atoms with van der Waals surface area (Å²) in [4.78, 5) is 0. The average Bonchev–Trinajstić information content (AvgIpc) is 2.14. The summed E-state index contributed by atoms with van der Waals surface area (Å²) in [5.41, 5.74) is 0. The molecular formula is C9H16O4. The van der Waals surface area contributed by atoms with Crippen LogP contribution in [0.15, 0.2) is 12.7 Å². The summed E-state index contributed by atoms with van der Waals surface area (Å²) in [7, 11) is 0. The molecule has 3 unspecified atom stereocenters. The highest BCUT2D eigenvalue weighted by molar-refractivity contribution is 4.73. The van der Waals surface area contributed by atoms with Crippen LogP contribution in [0.3, 0.4) is 0 Å². The smallest absolute Gasteiger partial charge is 0.160 e. The zero-order valence-electron chi connectivity index (χ0n) is 7.56. The zero-order valence-corrected chi connectivity index (χ0v) is 7.56. The molecule has 13 heavy (non-hydrogen) atoms. The van der Waals surface area contributed by atoms with Gasteiger partial charge in [0, 0.05) is 12.8 Å². The van der Waals surface area contributed by atoms with Crippen LogP contribution in [-0.4, -0.2) is 41.9 Å². The molecule has 1 fully saturated rings. The Morgan fingerprint density at radius 2 is 2.31 bits per heavy atom. The maximum absolute atomic E-state index is 9.38. The molecule has 0 aromatic rings. The van der Waals surface area contributed by atoms with E-state index in [4.69, 9.17) is 14.6 Å². The molecule has 4 heteroatoms. The molecule has 1 rings (SSSR count). The fraction of sp³-hybridized carbons (Fsp3) is 0.778. The molecule has 1 heterocycles. The van der Waals surface area contributed by atoms with Crippen LogP contribution in [0.25, 0.3) is 0 Å². The van der Waals surface area contributed by atoms with Gasteiger partial charge in [0.1, 0.15) is 0 Å². The van der Waals surface area contributed by atoms with Crippen molar-refractivity contribution < 1.29 is 19.7 Å². The van der Waals surface area contributed by atoms with Gasteiger partial charge in [-0.25, -0.2) is 0 Å². The summed E-state index contributed by atoms with van der Waals surface area (Å²) in [6.07, 6.45) is 1.39. The maximum Gasteiger partial charge on any atom is 0.160 e. The number of ether oxygens (including phenoxy) is 2. The molecule has 4 nitrogen and oxygen atoms in total. The van der Waals surface area contributed by atoms with Gasteiger partial charge < -0.3 is 19.7 Å². The molecule has 0 aromatic heterocycles. The predicted molar refractivity (Wildman–Crippen MR) is 47.1 cm³/mol. The number of hydrogen-bond donors (Lipinski definition) is 2. The van der Waals surface area contributed by atoms with E-state index in [1.807, 2.05) is 0 Å². The third kappa shape index (κ3) is 3.44. The monoisotopic (exact) mass is 188 g/mol. The van der Waals surface area contributed by atoms with E-state index >= 15 is 0 Å². The molecule has 1 aliphatic heterocycles. The first-order valence-corrected chi connectivity index (χ1v) is 4.43. The molecule has 0 aromatic carbocycles. The highest BCUT2D eigenvalue weighted by Crippen LogP contribution is 2.20. The second kappa shape index (κ2) is 5.34. The summed E-state index contributed by atoms with van der Waals surface area (Å²) in [6.45, 7) is 3.83. The van der Waals surface area contributed by atoms with Gasteiger partial charge in [-0.05, 0) is 0 Å². The number of rotatable bonds is 4. The molecule has 0 spiro atoms. The summed E-state index contributed by atoms with van der Waals surface area (Å²) in [6, 6.07) is 0. The molecular weight excluding hydrogens is 172 g/mol. The van der Waals surface area contributed by atoms with Crippen LogP contribution in [0, 0.1) is 0 Å². The van der Waals surface area contributed by atoms with Gasteiger partial charge in [0.15, 0.2) is 6.29 Å². The lowest BCUT2D eigenvalue weighted by Crippen LogP contribution is -2.38. The Morgan fingerprint density at radius 1 is 1.54 bits per heavy atom. The van der Waals surface area contributed by atoms with Crippen molar-refractivity contribution in [3.05, 3.63) is 12.7 Å². The van der Waals surface area contributed by atoms with Gasteiger partial charge >= 0.3 is 0 Å². The normalized spacial score (nSPS) is 34.5. The van der Waals surface area contributed by atoms with Crippen molar-refractivity contribution in [2.75, 3.05) is 13.2 Å². The molecule has 0 saturated carbocycles. The van der Waals surface area contributed by atoms with E-state index in [1.54, 1.807) is 6.08 Å². The number of aliphatic hydroxyl groups is 2. The van der Waals surface area contributed by atoms with Crippen molar-refractivity contribution in [3.8, 4) is 0 Å². The molecule has 2 N–H and O–H groups in total. The van der Waals surface area contributed by atoms with E-state index in [-0.39, 0.29) is 12.7 Å². The van der Waals surface area contributed by atoms with E-state index in [0.29, 0.717) is 19.4 Å². The fourth-order valence-electron chi connectivity index (χ4n) is 1.35. The second-order valence-corrected chi connectivity index (χ2v) is 3.12. The lowest BCUT2D eigenvalue weighted by molar-refractivity contribution is -0.217. The van der Waals surface area contributed by atoms with Crippen LogP contribution < -0.4 is 0 Å². The van der Waals surface area contributed by atoms with Crippen molar-refractivity contribution in [2.45, 2.75) is 31.3 Å². The Balaban J connectivity index is 2.33. The third-order valence-corrected chi connectivity index (χ3v) is 1.95. The maximum atomic E-state index is 9.38. The molecule has 1 saturated heterocycles. The van der Waals surface area contributed by atoms with Crippen LogP contribution in [0.4, 0.5) is 0 Å². The van der Waals surface area contributed by atoms with Gasteiger partial charge in [-0.2, -0.15) is 0 Å². The molecule has 0 amide bonds. The topological polar surface area (TPSA) is 58.9 Å². The van der Waals surface area contributed by atoms with Crippen molar-refractivity contribution in [3.63, 3.8) is 0 Å². The SMILES string of the molecule is C=CCOC1CC(O)CC(CO)O1. The van der Waals surface area contributed by atoms with Crippen LogP contribution in [0.1, 0.15) is 12.8 Å². The van der Waals surface area contributed by atoms with Gasteiger partial charge in [0.25, 0.3) is 0 Å². The van der Waals surface area contributed by atoms with Gasteiger partial charge in [0.2, 0.25) is 0 Å². The standard InChI is InChI=1S/C9H16O4/c1-2-3-12-9-5-7(11)4-8(6-10)13-9/h2,7-11H,1,3-6H2. The van der Waals surface area contributed by atoms with Gasteiger partial charge in [0.05, 0.1) is 25.4 Å². The Bertz CT molecular complexity index is 160. The zero-order chi connectivity index (χ0) is 9.68. The third-order valence-electron chi connectivity index (χ3n) is 1.95. The highest BCUT2D eigenvalue weighted by Gasteiger charge is 2.27. The van der Waals surface area contributed by atoms with E-state index < -0.39 is 12.4 Å². The van der Waals surface area contributed by atoms with E-state index in [2.05, 4.69) is 6.58 Å². The first-order chi connectivity index (χ1) is 6.26. The van der Waals surface area contributed by atoms with Crippen LogP contribution >= 0.6 is 0 Å². The Labute approximate surface area is 77.8 Å². The highest BCUT2D eigenvalue weighted by atomic mass is 16.7. The van der Waals surface area contributed by atoms with Gasteiger partial charge in [-0.15, -0.1) is 6.58 Å². The lowest BCUT2D eigenvalue weighted by Gasteiger charge is -2.31. The minimum atomic E-state index is -0.444. The van der Waals surface area contributed by atoms with Crippen LogP contribution in [0.5, 0.6) is 0 Å². The summed E-state index contributed by atoms with van der Waals surface area (Å²) >= 11 is 0. The Kier molecular flexibility index (Phi) is 4.38. The minimum absolute atomic E-state index is 0.0784. The van der Waals surface area contributed by atoms with Crippen molar-refractivity contribution in [1.82, 2.24) is 0 Å². The summed E-state index contributed by atoms with van der Waals surface area (Å²) in [5, 5.41) is 18.2. The molecule has 0 radical (unpaired) electrons. The van der Waals surface area contributed by atoms with Gasteiger partial charge in [-0.1, -0.05) is 6.08 Å². The van der Waals surface area contributed by atoms with E-state index in [9.17, 15) is 5.11 Å². The molecule has 0 aliphatic carbocycles. The van der Waals surface area contributed by atoms with Crippen molar-refractivity contribution in [2.24, 2.45) is 0 Å². The van der Waals surface area contributed by atoms with Crippen LogP contribution in [0.2, 0.25) is 0 Å². The minimum Gasteiger partial charge on any atom is -0.394 e.